The molecule has 5 nitrogen and oxygen atoms in total. The zero-order valence-corrected chi connectivity index (χ0v) is 13.7. The summed E-state index contributed by atoms with van der Waals surface area (Å²) in [5.41, 5.74) is 6.90. The summed E-state index contributed by atoms with van der Waals surface area (Å²) >= 11 is 0. The van der Waals surface area contributed by atoms with Crippen molar-refractivity contribution in [3.05, 3.63) is 29.8 Å². The molecule has 0 bridgehead atoms. The van der Waals surface area contributed by atoms with Crippen molar-refractivity contribution in [2.45, 2.75) is 38.6 Å². The van der Waals surface area contributed by atoms with Crippen LogP contribution in [0, 0.1) is 0 Å². The van der Waals surface area contributed by atoms with Gasteiger partial charge >= 0.3 is 0 Å². The van der Waals surface area contributed by atoms with Gasteiger partial charge in [0.2, 0.25) is 5.91 Å². The molecule has 0 radical (unpaired) electrons. The summed E-state index contributed by atoms with van der Waals surface area (Å²) in [6.45, 7) is 3.56. The maximum atomic E-state index is 12.5. The molecule has 6 heteroatoms. The molecule has 1 fully saturated rings. The van der Waals surface area contributed by atoms with E-state index in [0.29, 0.717) is 17.7 Å². The molecule has 1 aromatic rings. The lowest BCUT2D eigenvalue weighted by atomic mass is 10.1. The minimum atomic E-state index is -0.537. The molecule has 3 N–H and O–H groups in total. The van der Waals surface area contributed by atoms with E-state index in [4.69, 9.17) is 5.73 Å². The normalized spacial score (nSPS) is 15.1. The number of para-hydroxylation sites is 1. The average Bonchev–Trinajstić information content (AvgIpc) is 3.01. The number of nitrogens with two attached hydrogens (primary N) is 1. The molecule has 1 aliphatic heterocycles. The second kappa shape index (κ2) is 8.76. The molecule has 2 amide bonds. The summed E-state index contributed by atoms with van der Waals surface area (Å²) in [7, 11) is 0. The van der Waals surface area contributed by atoms with Gasteiger partial charge in [-0.25, -0.2) is 0 Å². The van der Waals surface area contributed by atoms with Crippen molar-refractivity contribution < 1.29 is 9.59 Å². The molecule has 0 saturated carbocycles. The standard InChI is InChI=1S/C16H23N3O2.ClH/c1-2-7-13(17)15(20)18-14-9-4-3-8-12(14)16(21)19-10-5-6-11-19;/h3-4,8-9,13H,2,5-7,10-11,17H2,1H3,(H,18,20);1H. The molecule has 0 aliphatic carbocycles. The zero-order chi connectivity index (χ0) is 15.2. The number of hydrogen-bond donors (Lipinski definition) is 2. The van der Waals surface area contributed by atoms with Crippen molar-refractivity contribution in [1.29, 1.82) is 0 Å². The highest BCUT2D eigenvalue weighted by Crippen LogP contribution is 2.20. The number of likely N-dealkylation sites (tertiary alicyclic amines) is 1. The van der Waals surface area contributed by atoms with E-state index in [0.717, 1.165) is 32.4 Å². The zero-order valence-electron chi connectivity index (χ0n) is 12.9. The number of amides is 2. The van der Waals surface area contributed by atoms with E-state index >= 15 is 0 Å². The second-order valence-electron chi connectivity index (χ2n) is 5.43. The number of nitrogens with zero attached hydrogens (tertiary/aromatic N) is 1. The number of carbonyl (C=O) groups excluding carboxylic acids is 2. The molecule has 1 heterocycles. The Bertz CT molecular complexity index is 516. The van der Waals surface area contributed by atoms with Gasteiger partial charge in [-0.05, 0) is 31.4 Å². The van der Waals surface area contributed by atoms with E-state index in [1.54, 1.807) is 12.1 Å². The van der Waals surface area contributed by atoms with Crippen LogP contribution in [0.15, 0.2) is 24.3 Å². The van der Waals surface area contributed by atoms with Gasteiger partial charge in [-0.3, -0.25) is 9.59 Å². The monoisotopic (exact) mass is 325 g/mol. The Balaban J connectivity index is 0.00000242. The predicted molar refractivity (Wildman–Crippen MR) is 90.3 cm³/mol. The van der Waals surface area contributed by atoms with Crippen LogP contribution < -0.4 is 11.1 Å². The first kappa shape index (κ1) is 18.5. The van der Waals surface area contributed by atoms with Crippen LogP contribution in [0.3, 0.4) is 0 Å². The molecule has 122 valence electrons. The summed E-state index contributed by atoms with van der Waals surface area (Å²) in [6, 6.07) is 6.58. The molecule has 22 heavy (non-hydrogen) atoms. The topological polar surface area (TPSA) is 75.4 Å². The Hall–Kier alpha value is -1.59. The number of nitrogens with one attached hydrogen (secondary N) is 1. The van der Waals surface area contributed by atoms with E-state index in [1.165, 1.54) is 0 Å². The summed E-state index contributed by atoms with van der Waals surface area (Å²) in [6.07, 6.45) is 3.57. The molecular formula is C16H24ClN3O2. The highest BCUT2D eigenvalue weighted by molar-refractivity contribution is 6.04. The molecule has 0 aromatic heterocycles. The molecule has 1 unspecified atom stereocenters. The highest BCUT2D eigenvalue weighted by Gasteiger charge is 2.23. The Kier molecular flexibility index (Phi) is 7.35. The number of rotatable bonds is 5. The fourth-order valence-electron chi connectivity index (χ4n) is 2.54. The van der Waals surface area contributed by atoms with E-state index in [2.05, 4.69) is 5.32 Å². The largest absolute Gasteiger partial charge is 0.339 e. The Labute approximate surface area is 137 Å². The van der Waals surface area contributed by atoms with Crippen LogP contribution in [0.1, 0.15) is 43.0 Å². The van der Waals surface area contributed by atoms with Crippen LogP contribution in [0.2, 0.25) is 0 Å². The van der Waals surface area contributed by atoms with Crippen molar-refractivity contribution in [1.82, 2.24) is 4.90 Å². The van der Waals surface area contributed by atoms with Gasteiger partial charge in [0, 0.05) is 13.1 Å². The number of benzene rings is 1. The van der Waals surface area contributed by atoms with Crippen molar-refractivity contribution >= 4 is 29.9 Å². The quantitative estimate of drug-likeness (QED) is 0.873. The summed E-state index contributed by atoms with van der Waals surface area (Å²) in [5.74, 6) is -0.258. The smallest absolute Gasteiger partial charge is 0.255 e. The number of anilines is 1. The summed E-state index contributed by atoms with van der Waals surface area (Å²) in [4.78, 5) is 26.4. The molecule has 2 rings (SSSR count). The molecule has 0 spiro atoms. The number of hydrogen-bond acceptors (Lipinski definition) is 3. The van der Waals surface area contributed by atoms with Gasteiger partial charge in [0.05, 0.1) is 17.3 Å². The lowest BCUT2D eigenvalue weighted by Crippen LogP contribution is -2.36. The third kappa shape index (κ3) is 4.45. The fourth-order valence-corrected chi connectivity index (χ4v) is 2.54. The fraction of sp³-hybridized carbons (Fsp3) is 0.500. The molecule has 1 aliphatic rings. The first-order valence-corrected chi connectivity index (χ1v) is 7.58. The van der Waals surface area contributed by atoms with Crippen LogP contribution in [-0.2, 0) is 4.79 Å². The van der Waals surface area contributed by atoms with E-state index in [9.17, 15) is 9.59 Å². The molecule has 1 aromatic carbocycles. The van der Waals surface area contributed by atoms with Crippen LogP contribution in [0.4, 0.5) is 5.69 Å². The third-order valence-corrected chi connectivity index (χ3v) is 3.75. The van der Waals surface area contributed by atoms with Gasteiger partial charge in [-0.15, -0.1) is 12.4 Å². The van der Waals surface area contributed by atoms with Gasteiger partial charge < -0.3 is 16.0 Å². The van der Waals surface area contributed by atoms with Crippen LogP contribution in [0.5, 0.6) is 0 Å². The predicted octanol–water partition coefficient (Wildman–Crippen LogP) is 2.41. The Morgan fingerprint density at radius 1 is 1.27 bits per heavy atom. The Morgan fingerprint density at radius 2 is 1.91 bits per heavy atom. The summed E-state index contributed by atoms with van der Waals surface area (Å²) < 4.78 is 0. The van der Waals surface area contributed by atoms with Gasteiger partial charge in [-0.1, -0.05) is 25.5 Å². The van der Waals surface area contributed by atoms with Crippen LogP contribution >= 0.6 is 12.4 Å². The first-order chi connectivity index (χ1) is 10.1. The van der Waals surface area contributed by atoms with E-state index < -0.39 is 6.04 Å². The second-order valence-corrected chi connectivity index (χ2v) is 5.43. The molecule has 1 atom stereocenters. The van der Waals surface area contributed by atoms with Crippen molar-refractivity contribution in [3.63, 3.8) is 0 Å². The van der Waals surface area contributed by atoms with Crippen LogP contribution in [0.25, 0.3) is 0 Å². The minimum Gasteiger partial charge on any atom is -0.339 e. The molecular weight excluding hydrogens is 302 g/mol. The van der Waals surface area contributed by atoms with Gasteiger partial charge in [0.25, 0.3) is 5.91 Å². The highest BCUT2D eigenvalue weighted by atomic mass is 35.5. The Morgan fingerprint density at radius 3 is 2.55 bits per heavy atom. The van der Waals surface area contributed by atoms with Crippen molar-refractivity contribution in [2.24, 2.45) is 5.73 Å². The maximum Gasteiger partial charge on any atom is 0.255 e. The van der Waals surface area contributed by atoms with E-state index in [1.807, 2.05) is 24.0 Å². The maximum absolute atomic E-state index is 12.5. The van der Waals surface area contributed by atoms with E-state index in [-0.39, 0.29) is 24.2 Å². The minimum absolute atomic E-state index is 0. The molecule has 1 saturated heterocycles. The van der Waals surface area contributed by atoms with Crippen LogP contribution in [-0.4, -0.2) is 35.8 Å². The van der Waals surface area contributed by atoms with Crippen molar-refractivity contribution in [2.75, 3.05) is 18.4 Å². The van der Waals surface area contributed by atoms with Crippen molar-refractivity contribution in [3.8, 4) is 0 Å². The first-order valence-electron chi connectivity index (χ1n) is 7.58. The number of carbonyl (C=O) groups is 2. The van der Waals surface area contributed by atoms with Gasteiger partial charge in [0.1, 0.15) is 0 Å². The number of halogens is 1. The average molecular weight is 326 g/mol. The third-order valence-electron chi connectivity index (χ3n) is 3.75. The summed E-state index contributed by atoms with van der Waals surface area (Å²) in [5, 5.41) is 2.79. The SMILES string of the molecule is CCCC(N)C(=O)Nc1ccccc1C(=O)N1CCCC1.Cl. The lowest BCUT2D eigenvalue weighted by molar-refractivity contribution is -0.117. The van der Waals surface area contributed by atoms with Gasteiger partial charge in [-0.2, -0.15) is 0 Å². The van der Waals surface area contributed by atoms with Gasteiger partial charge in [0.15, 0.2) is 0 Å². The lowest BCUT2D eigenvalue weighted by Gasteiger charge is -2.19.